The lowest BCUT2D eigenvalue weighted by molar-refractivity contribution is -0.183. The Balaban J connectivity index is 2.00. The number of alkyl halides is 3. The molecule has 110 valence electrons. The molecule has 1 aromatic carbocycles. The Morgan fingerprint density at radius 1 is 1.25 bits per heavy atom. The van der Waals surface area contributed by atoms with Crippen LogP contribution in [0.2, 0.25) is 0 Å². The van der Waals surface area contributed by atoms with Gasteiger partial charge >= 0.3 is 6.18 Å². The highest BCUT2D eigenvalue weighted by atomic mass is 127. The third-order valence-electron chi connectivity index (χ3n) is 3.59. The van der Waals surface area contributed by atoms with E-state index in [2.05, 4.69) is 5.32 Å². The molecule has 0 bridgehead atoms. The summed E-state index contributed by atoms with van der Waals surface area (Å²) in [7, 11) is 0. The molecule has 2 rings (SSSR count). The van der Waals surface area contributed by atoms with E-state index in [9.17, 15) is 18.0 Å². The van der Waals surface area contributed by atoms with Crippen molar-refractivity contribution >= 4 is 28.5 Å². The van der Waals surface area contributed by atoms with Gasteiger partial charge in [0.05, 0.1) is 11.5 Å². The van der Waals surface area contributed by atoms with Crippen molar-refractivity contribution in [1.82, 2.24) is 5.32 Å². The predicted molar refractivity (Wildman–Crippen MR) is 78.4 cm³/mol. The maximum absolute atomic E-state index is 12.7. The molecule has 2 nitrogen and oxygen atoms in total. The molecule has 0 spiro atoms. The van der Waals surface area contributed by atoms with E-state index in [0.717, 1.165) is 3.57 Å². The van der Waals surface area contributed by atoms with Crippen LogP contribution in [0.4, 0.5) is 13.2 Å². The number of carbonyl (C=O) groups is 1. The van der Waals surface area contributed by atoms with Gasteiger partial charge in [-0.3, -0.25) is 4.79 Å². The van der Waals surface area contributed by atoms with Gasteiger partial charge in [0.2, 0.25) is 0 Å². The third-order valence-corrected chi connectivity index (χ3v) is 4.53. The van der Waals surface area contributed by atoms with Gasteiger partial charge in [-0.05, 0) is 54.0 Å². The molecule has 1 saturated carbocycles. The molecule has 0 aliphatic heterocycles. The molecule has 0 aromatic heterocycles. The van der Waals surface area contributed by atoms with Crippen LogP contribution < -0.4 is 5.32 Å². The molecule has 0 heterocycles. The second-order valence-electron chi connectivity index (χ2n) is 5.06. The van der Waals surface area contributed by atoms with Gasteiger partial charge in [0.15, 0.2) is 0 Å². The predicted octanol–water partition coefficient (Wildman–Crippen LogP) is 4.14. The summed E-state index contributed by atoms with van der Waals surface area (Å²) in [6.45, 7) is 0. The maximum Gasteiger partial charge on any atom is 0.391 e. The van der Waals surface area contributed by atoms with Gasteiger partial charge in [-0.25, -0.2) is 0 Å². The van der Waals surface area contributed by atoms with Crippen LogP contribution >= 0.6 is 22.6 Å². The van der Waals surface area contributed by atoms with Crippen molar-refractivity contribution in [2.45, 2.75) is 37.9 Å². The van der Waals surface area contributed by atoms with Gasteiger partial charge in [-0.1, -0.05) is 18.6 Å². The first-order chi connectivity index (χ1) is 9.38. The lowest BCUT2D eigenvalue weighted by atomic mass is 9.85. The van der Waals surface area contributed by atoms with Crippen LogP contribution in [0.25, 0.3) is 0 Å². The van der Waals surface area contributed by atoms with E-state index in [1.54, 1.807) is 18.2 Å². The zero-order chi connectivity index (χ0) is 14.8. The summed E-state index contributed by atoms with van der Waals surface area (Å²) in [5.74, 6) is -1.58. The van der Waals surface area contributed by atoms with E-state index in [4.69, 9.17) is 0 Å². The van der Waals surface area contributed by atoms with Crippen molar-refractivity contribution < 1.29 is 18.0 Å². The molecule has 0 saturated heterocycles. The van der Waals surface area contributed by atoms with Gasteiger partial charge in [0, 0.05) is 9.61 Å². The van der Waals surface area contributed by atoms with Crippen LogP contribution in [0.1, 0.15) is 36.0 Å². The average molecular weight is 397 g/mol. The smallest absolute Gasteiger partial charge is 0.349 e. The molecule has 1 aliphatic rings. The zero-order valence-corrected chi connectivity index (χ0v) is 12.9. The number of amides is 1. The number of benzene rings is 1. The van der Waals surface area contributed by atoms with E-state index in [0.29, 0.717) is 18.4 Å². The van der Waals surface area contributed by atoms with Crippen molar-refractivity contribution in [3.8, 4) is 0 Å². The molecule has 2 unspecified atom stereocenters. The molecule has 20 heavy (non-hydrogen) atoms. The highest BCUT2D eigenvalue weighted by molar-refractivity contribution is 14.1. The van der Waals surface area contributed by atoms with Gasteiger partial charge < -0.3 is 5.32 Å². The van der Waals surface area contributed by atoms with E-state index in [-0.39, 0.29) is 24.8 Å². The van der Waals surface area contributed by atoms with Crippen LogP contribution in [0.15, 0.2) is 24.3 Å². The Bertz CT molecular complexity index is 490. The summed E-state index contributed by atoms with van der Waals surface area (Å²) >= 11 is 2.05. The number of nitrogens with one attached hydrogen (secondary N) is 1. The minimum Gasteiger partial charge on any atom is -0.349 e. The summed E-state index contributed by atoms with van der Waals surface area (Å²) in [6.07, 6.45) is -2.90. The lowest BCUT2D eigenvalue weighted by Gasteiger charge is -2.31. The fraction of sp³-hybridized carbons (Fsp3) is 0.500. The number of hydrogen-bond donors (Lipinski definition) is 1. The topological polar surface area (TPSA) is 29.1 Å². The highest BCUT2D eigenvalue weighted by Crippen LogP contribution is 2.37. The number of carbonyl (C=O) groups excluding carboxylic acids is 1. The first-order valence-electron chi connectivity index (χ1n) is 6.50. The molecular weight excluding hydrogens is 382 g/mol. The van der Waals surface area contributed by atoms with Crippen LogP contribution in [0.3, 0.4) is 0 Å². The fourth-order valence-corrected chi connectivity index (χ4v) is 3.16. The molecule has 2 atom stereocenters. The summed E-state index contributed by atoms with van der Waals surface area (Å²) in [5.41, 5.74) is 0.516. The summed E-state index contributed by atoms with van der Waals surface area (Å²) < 4.78 is 39.0. The van der Waals surface area contributed by atoms with Crippen molar-refractivity contribution in [3.05, 3.63) is 33.4 Å². The minimum absolute atomic E-state index is 0.0152. The monoisotopic (exact) mass is 397 g/mol. The third kappa shape index (κ3) is 3.86. The fourth-order valence-electron chi connectivity index (χ4n) is 2.53. The van der Waals surface area contributed by atoms with E-state index in [1.807, 2.05) is 28.7 Å². The Kier molecular flexibility index (Phi) is 4.93. The van der Waals surface area contributed by atoms with Crippen LogP contribution in [-0.4, -0.2) is 18.1 Å². The number of halogens is 4. The van der Waals surface area contributed by atoms with Crippen LogP contribution in [0, 0.1) is 9.49 Å². The first kappa shape index (κ1) is 15.6. The number of hydrogen-bond acceptors (Lipinski definition) is 1. The summed E-state index contributed by atoms with van der Waals surface area (Å²) in [4.78, 5) is 12.1. The molecule has 1 aromatic rings. The molecule has 6 heteroatoms. The van der Waals surface area contributed by atoms with E-state index >= 15 is 0 Å². The van der Waals surface area contributed by atoms with E-state index < -0.39 is 12.1 Å². The maximum atomic E-state index is 12.7. The molecule has 1 amide bonds. The standard InChI is InChI=1S/C14H15F3INO/c15-14(16,17)9-4-3-5-10(8-9)19-13(20)11-6-1-2-7-12(11)18/h1-2,6-7,9-10H,3-5,8H2,(H,19,20). The number of rotatable bonds is 2. The highest BCUT2D eigenvalue weighted by Gasteiger charge is 2.42. The van der Waals surface area contributed by atoms with E-state index in [1.165, 1.54) is 0 Å². The lowest BCUT2D eigenvalue weighted by Crippen LogP contribution is -2.41. The molecular formula is C14H15F3INO. The molecule has 1 N–H and O–H groups in total. The Morgan fingerprint density at radius 2 is 1.95 bits per heavy atom. The Hall–Kier alpha value is -0.790. The second kappa shape index (κ2) is 6.32. The average Bonchev–Trinajstić information content (AvgIpc) is 2.38. The first-order valence-corrected chi connectivity index (χ1v) is 7.58. The van der Waals surface area contributed by atoms with Crippen molar-refractivity contribution in [2.75, 3.05) is 0 Å². The molecule has 1 aliphatic carbocycles. The Morgan fingerprint density at radius 3 is 2.60 bits per heavy atom. The van der Waals surface area contributed by atoms with Crippen LogP contribution in [-0.2, 0) is 0 Å². The van der Waals surface area contributed by atoms with Gasteiger partial charge in [0.1, 0.15) is 0 Å². The second-order valence-corrected chi connectivity index (χ2v) is 6.22. The molecule has 1 fully saturated rings. The van der Waals surface area contributed by atoms with Gasteiger partial charge in [-0.2, -0.15) is 13.2 Å². The van der Waals surface area contributed by atoms with Crippen molar-refractivity contribution in [3.63, 3.8) is 0 Å². The summed E-state index contributed by atoms with van der Waals surface area (Å²) in [5, 5.41) is 2.73. The van der Waals surface area contributed by atoms with Crippen LogP contribution in [0.5, 0.6) is 0 Å². The molecule has 0 radical (unpaired) electrons. The largest absolute Gasteiger partial charge is 0.391 e. The quantitative estimate of drug-likeness (QED) is 0.747. The van der Waals surface area contributed by atoms with Crippen molar-refractivity contribution in [2.24, 2.45) is 5.92 Å². The Labute approximate surface area is 129 Å². The normalized spacial score (nSPS) is 23.4. The van der Waals surface area contributed by atoms with Gasteiger partial charge in [0.25, 0.3) is 5.91 Å². The SMILES string of the molecule is O=C(NC1CCCC(C(F)(F)F)C1)c1ccccc1I. The summed E-state index contributed by atoms with van der Waals surface area (Å²) in [6, 6.07) is 6.66. The minimum atomic E-state index is -4.16. The van der Waals surface area contributed by atoms with Gasteiger partial charge in [-0.15, -0.1) is 0 Å². The zero-order valence-electron chi connectivity index (χ0n) is 10.7. The van der Waals surface area contributed by atoms with Crippen molar-refractivity contribution in [1.29, 1.82) is 0 Å².